The van der Waals surface area contributed by atoms with Gasteiger partial charge in [-0.2, -0.15) is 0 Å². The van der Waals surface area contributed by atoms with Crippen molar-refractivity contribution in [2.75, 3.05) is 6.54 Å². The van der Waals surface area contributed by atoms with Crippen LogP contribution in [0.1, 0.15) is 30.1 Å². The number of hydrogen-bond donors (Lipinski definition) is 1. The Balaban J connectivity index is 1.80. The van der Waals surface area contributed by atoms with Gasteiger partial charge in [-0.25, -0.2) is 4.79 Å². The van der Waals surface area contributed by atoms with Gasteiger partial charge >= 0.3 is 5.97 Å². The molecule has 2 aromatic rings. The highest BCUT2D eigenvalue weighted by Crippen LogP contribution is 2.24. The van der Waals surface area contributed by atoms with Gasteiger partial charge in [0.1, 0.15) is 18.7 Å². The van der Waals surface area contributed by atoms with Crippen molar-refractivity contribution >= 4 is 11.9 Å². The fourth-order valence-corrected chi connectivity index (χ4v) is 2.89. The van der Waals surface area contributed by atoms with Crippen LogP contribution in [0.25, 0.3) is 5.69 Å². The molecular weight excluding hydrogens is 296 g/mol. The van der Waals surface area contributed by atoms with Crippen molar-refractivity contribution in [3.63, 3.8) is 0 Å². The number of carboxylic acid groups (broad SMARTS) is 1. The van der Waals surface area contributed by atoms with Gasteiger partial charge in [-0.1, -0.05) is 6.92 Å². The lowest BCUT2D eigenvalue weighted by molar-refractivity contribution is -0.144. The molecule has 1 N–H and O–H groups in total. The van der Waals surface area contributed by atoms with E-state index in [-0.39, 0.29) is 5.91 Å². The van der Waals surface area contributed by atoms with E-state index < -0.39 is 12.0 Å². The molecule has 1 aromatic heterocycles. The van der Waals surface area contributed by atoms with Crippen LogP contribution in [0.2, 0.25) is 0 Å². The molecule has 7 nitrogen and oxygen atoms in total. The van der Waals surface area contributed by atoms with Crippen molar-refractivity contribution in [1.29, 1.82) is 0 Å². The predicted molar refractivity (Wildman–Crippen MR) is 82.2 cm³/mol. The maximum absolute atomic E-state index is 12.7. The molecule has 1 amide bonds. The normalized spacial score (nSPS) is 21.2. The Morgan fingerprint density at radius 1 is 1.17 bits per heavy atom. The van der Waals surface area contributed by atoms with Crippen LogP contribution in [0.3, 0.4) is 0 Å². The molecule has 0 spiro atoms. The maximum atomic E-state index is 12.7. The molecule has 0 radical (unpaired) electrons. The monoisotopic (exact) mass is 314 g/mol. The Morgan fingerprint density at radius 2 is 1.83 bits per heavy atom. The number of piperidine rings is 1. The Kier molecular flexibility index (Phi) is 4.10. The molecule has 0 aliphatic carbocycles. The highest BCUT2D eigenvalue weighted by Gasteiger charge is 2.35. The molecule has 7 heteroatoms. The summed E-state index contributed by atoms with van der Waals surface area (Å²) in [5.41, 5.74) is 1.33. The summed E-state index contributed by atoms with van der Waals surface area (Å²) in [5, 5.41) is 16.9. The summed E-state index contributed by atoms with van der Waals surface area (Å²) in [5.74, 6) is -0.859. The molecule has 1 saturated heterocycles. The quantitative estimate of drug-likeness (QED) is 0.929. The highest BCUT2D eigenvalue weighted by atomic mass is 16.4. The summed E-state index contributed by atoms with van der Waals surface area (Å²) in [4.78, 5) is 25.6. The minimum absolute atomic E-state index is 0.236. The summed E-state index contributed by atoms with van der Waals surface area (Å²) < 4.78 is 1.73. The van der Waals surface area contributed by atoms with Crippen LogP contribution < -0.4 is 0 Å². The Hall–Kier alpha value is -2.70. The zero-order valence-corrected chi connectivity index (χ0v) is 12.8. The summed E-state index contributed by atoms with van der Waals surface area (Å²) in [6.07, 6.45) is 4.47. The molecule has 3 rings (SSSR count). The number of carbonyl (C=O) groups excluding carboxylic acids is 1. The number of hydrogen-bond acceptors (Lipinski definition) is 4. The third-order valence-electron chi connectivity index (χ3n) is 4.24. The first-order chi connectivity index (χ1) is 11.1. The van der Waals surface area contributed by atoms with Gasteiger partial charge in [0, 0.05) is 17.8 Å². The minimum atomic E-state index is -0.939. The second-order valence-electron chi connectivity index (χ2n) is 5.90. The van der Waals surface area contributed by atoms with Crippen LogP contribution in [0.4, 0.5) is 0 Å². The largest absolute Gasteiger partial charge is 0.480 e. The van der Waals surface area contributed by atoms with Crippen LogP contribution in [0.15, 0.2) is 36.9 Å². The molecule has 0 saturated carbocycles. The van der Waals surface area contributed by atoms with Gasteiger partial charge in [0.15, 0.2) is 0 Å². The van der Waals surface area contributed by atoms with Crippen molar-refractivity contribution in [3.8, 4) is 5.69 Å². The number of benzene rings is 1. The van der Waals surface area contributed by atoms with E-state index in [1.165, 1.54) is 4.90 Å². The molecule has 120 valence electrons. The van der Waals surface area contributed by atoms with Crippen molar-refractivity contribution in [1.82, 2.24) is 19.7 Å². The van der Waals surface area contributed by atoms with E-state index >= 15 is 0 Å². The number of amides is 1. The Morgan fingerprint density at radius 3 is 2.43 bits per heavy atom. The molecule has 2 unspecified atom stereocenters. The van der Waals surface area contributed by atoms with E-state index in [2.05, 4.69) is 10.2 Å². The second-order valence-corrected chi connectivity index (χ2v) is 5.90. The lowest BCUT2D eigenvalue weighted by Crippen LogP contribution is -2.49. The average molecular weight is 314 g/mol. The summed E-state index contributed by atoms with van der Waals surface area (Å²) >= 11 is 0. The molecule has 2 atom stereocenters. The van der Waals surface area contributed by atoms with Crippen LogP contribution in [-0.2, 0) is 4.79 Å². The number of carboxylic acids is 1. The lowest BCUT2D eigenvalue weighted by atomic mass is 9.92. The van der Waals surface area contributed by atoms with E-state index in [0.717, 1.165) is 12.1 Å². The third-order valence-corrected chi connectivity index (χ3v) is 4.24. The fourth-order valence-electron chi connectivity index (χ4n) is 2.89. The zero-order chi connectivity index (χ0) is 16.4. The van der Waals surface area contributed by atoms with Crippen LogP contribution >= 0.6 is 0 Å². The Labute approximate surface area is 133 Å². The lowest BCUT2D eigenvalue weighted by Gasteiger charge is -2.36. The van der Waals surface area contributed by atoms with Crippen molar-refractivity contribution < 1.29 is 14.7 Å². The first-order valence-corrected chi connectivity index (χ1v) is 7.55. The van der Waals surface area contributed by atoms with E-state index in [1.54, 1.807) is 41.5 Å². The molecule has 23 heavy (non-hydrogen) atoms. The third kappa shape index (κ3) is 3.08. The molecule has 1 aliphatic heterocycles. The van der Waals surface area contributed by atoms with Crippen LogP contribution in [0, 0.1) is 5.92 Å². The van der Waals surface area contributed by atoms with Gasteiger partial charge in [-0.3, -0.25) is 9.36 Å². The number of aromatic nitrogens is 3. The van der Waals surface area contributed by atoms with E-state index in [4.69, 9.17) is 0 Å². The van der Waals surface area contributed by atoms with Gasteiger partial charge < -0.3 is 10.0 Å². The standard InChI is InChI=1S/C16H18N4O3/c1-11-6-7-20(14(8-11)16(22)23)15(21)12-2-4-13(5-3-12)19-9-17-18-10-19/h2-5,9-11,14H,6-8H2,1H3,(H,22,23). The molecule has 0 bridgehead atoms. The average Bonchev–Trinajstić information content (AvgIpc) is 3.09. The predicted octanol–water partition coefficient (Wildman–Crippen LogP) is 1.59. The maximum Gasteiger partial charge on any atom is 0.326 e. The topological polar surface area (TPSA) is 88.3 Å². The highest BCUT2D eigenvalue weighted by molar-refractivity contribution is 5.96. The van der Waals surface area contributed by atoms with Gasteiger partial charge in [0.25, 0.3) is 5.91 Å². The number of aliphatic carboxylic acids is 1. The van der Waals surface area contributed by atoms with Crippen molar-refractivity contribution in [2.24, 2.45) is 5.92 Å². The summed E-state index contributed by atoms with van der Waals surface area (Å²) in [6.45, 7) is 2.50. The molecule has 1 aliphatic rings. The van der Waals surface area contributed by atoms with Crippen molar-refractivity contribution in [2.45, 2.75) is 25.8 Å². The van der Waals surface area contributed by atoms with Gasteiger partial charge in [-0.15, -0.1) is 10.2 Å². The zero-order valence-electron chi connectivity index (χ0n) is 12.8. The van der Waals surface area contributed by atoms with Crippen LogP contribution in [0.5, 0.6) is 0 Å². The summed E-state index contributed by atoms with van der Waals surface area (Å²) in [6, 6.07) is 6.24. The van der Waals surface area contributed by atoms with Gasteiger partial charge in [0.05, 0.1) is 0 Å². The fraction of sp³-hybridized carbons (Fsp3) is 0.375. The first kappa shape index (κ1) is 15.2. The number of rotatable bonds is 3. The minimum Gasteiger partial charge on any atom is -0.480 e. The molecule has 1 aromatic carbocycles. The van der Waals surface area contributed by atoms with E-state index in [0.29, 0.717) is 24.4 Å². The molecular formula is C16H18N4O3. The first-order valence-electron chi connectivity index (χ1n) is 7.55. The van der Waals surface area contributed by atoms with E-state index in [9.17, 15) is 14.7 Å². The van der Waals surface area contributed by atoms with E-state index in [1.807, 2.05) is 6.92 Å². The van der Waals surface area contributed by atoms with Crippen LogP contribution in [-0.4, -0.2) is 49.2 Å². The second kappa shape index (κ2) is 6.20. The molecule has 1 fully saturated rings. The summed E-state index contributed by atoms with van der Waals surface area (Å²) in [7, 11) is 0. The SMILES string of the molecule is CC1CCN(C(=O)c2ccc(-n3cnnc3)cc2)C(C(=O)O)C1. The number of likely N-dealkylation sites (tertiary alicyclic amines) is 1. The Bertz CT molecular complexity index is 697. The van der Waals surface area contributed by atoms with Gasteiger partial charge in [0.2, 0.25) is 0 Å². The number of carbonyl (C=O) groups is 2. The van der Waals surface area contributed by atoms with Crippen molar-refractivity contribution in [3.05, 3.63) is 42.5 Å². The van der Waals surface area contributed by atoms with Gasteiger partial charge in [-0.05, 0) is 43.0 Å². The molecule has 2 heterocycles. The smallest absolute Gasteiger partial charge is 0.326 e. The number of nitrogens with zero attached hydrogens (tertiary/aromatic N) is 4.